The normalized spacial score (nSPS) is 14.9. The maximum Gasteiger partial charge on any atom is 0.433 e. The molecule has 0 unspecified atom stereocenters. The van der Waals surface area contributed by atoms with Gasteiger partial charge in [-0.15, -0.1) is 4.72 Å². The lowest BCUT2D eigenvalue weighted by Crippen LogP contribution is -2.50. The first-order valence-corrected chi connectivity index (χ1v) is 11.1. The van der Waals surface area contributed by atoms with Gasteiger partial charge in [0.25, 0.3) is 0 Å². The van der Waals surface area contributed by atoms with Crippen LogP contribution in [0.25, 0.3) is 0 Å². The summed E-state index contributed by atoms with van der Waals surface area (Å²) in [5.74, 6) is -1.95. The third-order valence-corrected chi connectivity index (χ3v) is 6.11. The molecule has 0 aliphatic heterocycles. The second-order valence-electron chi connectivity index (χ2n) is 7.63. The van der Waals surface area contributed by atoms with Crippen molar-refractivity contribution in [2.75, 3.05) is 0 Å². The number of benzene rings is 2. The zero-order chi connectivity index (χ0) is 26.0. The number of nitrogens with one attached hydrogen (secondary N) is 1. The van der Waals surface area contributed by atoms with E-state index in [1.165, 1.54) is 6.92 Å². The number of aromatic nitrogens is 2. The fourth-order valence-electron chi connectivity index (χ4n) is 3.32. The standard InChI is InChI=1S/C23H18F7N3OS/c1-14(2)35(34)33-21(13-15-6-4-3-5-7-15,20-31-9-8-19(32-20)23(28,29)30)16-10-17(22(25,26)27)12-18(24)11-16/h3-12,33H,1,13H2,2H3/t21-,35+/m0/s1. The molecule has 0 radical (unpaired) electrons. The van der Waals surface area contributed by atoms with Crippen LogP contribution in [0.1, 0.15) is 35.1 Å². The molecule has 35 heavy (non-hydrogen) atoms. The van der Waals surface area contributed by atoms with E-state index in [1.807, 2.05) is 0 Å². The van der Waals surface area contributed by atoms with Crippen LogP contribution in [0.4, 0.5) is 30.7 Å². The van der Waals surface area contributed by atoms with Crippen LogP contribution in [0.5, 0.6) is 0 Å². The highest BCUT2D eigenvalue weighted by atomic mass is 32.2. The Hall–Kier alpha value is -2.96. The zero-order valence-electron chi connectivity index (χ0n) is 18.0. The van der Waals surface area contributed by atoms with Crippen molar-refractivity contribution in [1.29, 1.82) is 0 Å². The van der Waals surface area contributed by atoms with E-state index in [-0.39, 0.29) is 17.4 Å². The molecule has 0 aliphatic carbocycles. The van der Waals surface area contributed by atoms with Gasteiger partial charge in [0, 0.05) is 19.5 Å². The van der Waals surface area contributed by atoms with E-state index in [0.717, 1.165) is 6.20 Å². The zero-order valence-corrected chi connectivity index (χ0v) is 18.9. The summed E-state index contributed by atoms with van der Waals surface area (Å²) >= 11 is -2.19. The molecular formula is C23H18F7N3OS. The second-order valence-corrected chi connectivity index (χ2v) is 9.07. The van der Waals surface area contributed by atoms with Crippen molar-refractivity contribution < 1.29 is 35.3 Å². The summed E-state index contributed by atoms with van der Waals surface area (Å²) < 4.78 is 111. The van der Waals surface area contributed by atoms with Crippen LogP contribution in [-0.2, 0) is 35.7 Å². The van der Waals surface area contributed by atoms with Crippen molar-refractivity contribution in [3.8, 4) is 0 Å². The lowest BCUT2D eigenvalue weighted by Gasteiger charge is -2.34. The molecule has 12 heteroatoms. The molecule has 0 bridgehead atoms. The lowest BCUT2D eigenvalue weighted by atomic mass is 9.82. The molecule has 1 N–H and O–H groups in total. The SMILES string of the molecule is C=C(C)[S@@+]([O-])N[C@@](Cc1ccccc1)(c1cc(F)cc(C(F)(F)F)c1)c1nccc(C(F)(F)F)n1. The van der Waals surface area contributed by atoms with Crippen LogP contribution < -0.4 is 4.72 Å². The van der Waals surface area contributed by atoms with Gasteiger partial charge in [-0.3, -0.25) is 0 Å². The number of nitrogens with zero attached hydrogens (tertiary/aromatic N) is 2. The van der Waals surface area contributed by atoms with Gasteiger partial charge in [0.15, 0.2) is 11.4 Å². The van der Waals surface area contributed by atoms with Gasteiger partial charge in [-0.1, -0.05) is 30.3 Å². The minimum Gasteiger partial charge on any atom is -0.593 e. The summed E-state index contributed by atoms with van der Waals surface area (Å²) in [6, 6.07) is 10.1. The summed E-state index contributed by atoms with van der Waals surface area (Å²) in [6.45, 7) is 4.87. The predicted octanol–water partition coefficient (Wildman–Crippen LogP) is 5.93. The Morgan fingerprint density at radius 3 is 2.17 bits per heavy atom. The largest absolute Gasteiger partial charge is 0.593 e. The topological polar surface area (TPSA) is 60.9 Å². The van der Waals surface area contributed by atoms with Crippen LogP contribution in [0.2, 0.25) is 0 Å². The highest BCUT2D eigenvalue weighted by Crippen LogP contribution is 2.39. The molecule has 3 aromatic rings. The molecule has 0 fully saturated rings. The molecular weight excluding hydrogens is 499 g/mol. The highest BCUT2D eigenvalue weighted by molar-refractivity contribution is 7.93. The predicted molar refractivity (Wildman–Crippen MR) is 115 cm³/mol. The summed E-state index contributed by atoms with van der Waals surface area (Å²) in [5, 5.41) is 0. The van der Waals surface area contributed by atoms with Gasteiger partial charge in [0.05, 0.1) is 16.9 Å². The molecule has 0 spiro atoms. The maximum absolute atomic E-state index is 14.5. The van der Waals surface area contributed by atoms with Gasteiger partial charge in [-0.2, -0.15) is 26.3 Å². The van der Waals surface area contributed by atoms with Crippen LogP contribution in [0.3, 0.4) is 0 Å². The van der Waals surface area contributed by atoms with Gasteiger partial charge >= 0.3 is 12.4 Å². The van der Waals surface area contributed by atoms with Crippen LogP contribution in [0.15, 0.2) is 72.3 Å². The molecule has 2 atom stereocenters. The Morgan fingerprint density at radius 1 is 0.971 bits per heavy atom. The summed E-state index contributed by atoms with van der Waals surface area (Å²) in [7, 11) is 0. The van der Waals surface area contributed by atoms with E-state index in [4.69, 9.17) is 0 Å². The quantitative estimate of drug-likeness (QED) is 0.312. The van der Waals surface area contributed by atoms with Crippen LogP contribution >= 0.6 is 0 Å². The Balaban J connectivity index is 2.39. The molecule has 186 valence electrons. The van der Waals surface area contributed by atoms with Crippen LogP contribution in [0, 0.1) is 5.82 Å². The van der Waals surface area contributed by atoms with Crippen molar-refractivity contribution in [1.82, 2.24) is 14.7 Å². The number of hydrogen-bond donors (Lipinski definition) is 1. The Morgan fingerprint density at radius 2 is 1.60 bits per heavy atom. The van der Waals surface area contributed by atoms with E-state index in [9.17, 15) is 35.3 Å². The molecule has 0 saturated carbocycles. The van der Waals surface area contributed by atoms with Gasteiger partial charge < -0.3 is 4.55 Å². The lowest BCUT2D eigenvalue weighted by molar-refractivity contribution is -0.141. The van der Waals surface area contributed by atoms with Crippen molar-refractivity contribution in [3.05, 3.63) is 106 Å². The summed E-state index contributed by atoms with van der Waals surface area (Å²) in [5.41, 5.74) is -5.00. The number of alkyl halides is 6. The van der Waals surface area contributed by atoms with Gasteiger partial charge in [0.2, 0.25) is 0 Å². The van der Waals surface area contributed by atoms with E-state index in [0.29, 0.717) is 23.8 Å². The number of allylic oxidation sites excluding steroid dienone is 1. The molecule has 3 rings (SSSR count). The Labute approximate surface area is 199 Å². The Bertz CT molecular complexity index is 1200. The van der Waals surface area contributed by atoms with Crippen LogP contribution in [-0.4, -0.2) is 14.5 Å². The average molecular weight is 517 g/mol. The second kappa shape index (κ2) is 9.96. The monoisotopic (exact) mass is 517 g/mol. The first-order chi connectivity index (χ1) is 16.2. The van der Waals surface area contributed by atoms with Crippen molar-refractivity contribution in [3.63, 3.8) is 0 Å². The fraction of sp³-hybridized carbons (Fsp3) is 0.217. The maximum atomic E-state index is 14.5. The molecule has 1 aromatic heterocycles. The highest BCUT2D eigenvalue weighted by Gasteiger charge is 2.45. The minimum absolute atomic E-state index is 0.0156. The van der Waals surface area contributed by atoms with Crippen molar-refractivity contribution in [2.45, 2.75) is 31.2 Å². The van der Waals surface area contributed by atoms with Gasteiger partial charge in [-0.05, 0) is 42.0 Å². The van der Waals surface area contributed by atoms with E-state index >= 15 is 0 Å². The summed E-state index contributed by atoms with van der Waals surface area (Å²) in [6.07, 6.45) is -9.48. The molecule has 0 aliphatic rings. The third kappa shape index (κ3) is 6.19. The number of hydrogen-bond acceptors (Lipinski definition) is 4. The first kappa shape index (κ1) is 26.6. The number of rotatable bonds is 7. The average Bonchev–Trinajstić information content (AvgIpc) is 2.77. The molecule has 2 aromatic carbocycles. The van der Waals surface area contributed by atoms with Crippen molar-refractivity contribution >= 4 is 11.4 Å². The minimum atomic E-state index is -4.97. The van der Waals surface area contributed by atoms with E-state index in [1.54, 1.807) is 30.3 Å². The van der Waals surface area contributed by atoms with E-state index < -0.39 is 57.7 Å². The molecule has 4 nitrogen and oxygen atoms in total. The van der Waals surface area contributed by atoms with Gasteiger partial charge in [-0.25, -0.2) is 14.4 Å². The molecule has 0 amide bonds. The van der Waals surface area contributed by atoms with E-state index in [2.05, 4.69) is 21.3 Å². The molecule has 0 saturated heterocycles. The Kier molecular flexibility index (Phi) is 7.58. The number of halogens is 7. The first-order valence-electron chi connectivity index (χ1n) is 9.90. The summed E-state index contributed by atoms with van der Waals surface area (Å²) in [4.78, 5) is 7.46. The fourth-order valence-corrected chi connectivity index (χ4v) is 4.09. The smallest absolute Gasteiger partial charge is 0.433 e. The van der Waals surface area contributed by atoms with Gasteiger partial charge in [0.1, 0.15) is 16.4 Å². The van der Waals surface area contributed by atoms with Crippen molar-refractivity contribution in [2.24, 2.45) is 0 Å². The third-order valence-electron chi connectivity index (χ3n) is 4.94. The molecule has 1 heterocycles.